The van der Waals surface area contributed by atoms with E-state index in [0.29, 0.717) is 0 Å². The molecular formula is C9H15ClO3. The van der Waals surface area contributed by atoms with Crippen LogP contribution in [-0.4, -0.2) is 11.5 Å². The maximum atomic E-state index is 9.93. The zero-order valence-electron chi connectivity index (χ0n) is 8.12. The van der Waals surface area contributed by atoms with Gasteiger partial charge in [0.25, 0.3) is 0 Å². The van der Waals surface area contributed by atoms with Crippen LogP contribution in [0.1, 0.15) is 20.8 Å². The first-order valence-electron chi connectivity index (χ1n) is 3.73. The van der Waals surface area contributed by atoms with Gasteiger partial charge < -0.3 is 9.47 Å². The van der Waals surface area contributed by atoms with E-state index < -0.39 is 0 Å². The van der Waals surface area contributed by atoms with Crippen molar-refractivity contribution in [1.82, 2.24) is 0 Å². The normalized spacial score (nSPS) is 11.1. The second-order valence-electron chi connectivity index (χ2n) is 1.92. The smallest absolute Gasteiger partial charge is 0.307 e. The molecule has 0 aromatic rings. The van der Waals surface area contributed by atoms with Crippen LogP contribution < -0.4 is 0 Å². The van der Waals surface area contributed by atoms with Crippen molar-refractivity contribution >= 4 is 17.6 Å². The average molecular weight is 207 g/mol. The summed E-state index contributed by atoms with van der Waals surface area (Å²) < 4.78 is 8.94. The summed E-state index contributed by atoms with van der Waals surface area (Å²) in [4.78, 5) is 9.93. The van der Waals surface area contributed by atoms with Gasteiger partial charge in [0.2, 0.25) is 0 Å². The van der Waals surface area contributed by atoms with Crippen LogP contribution in [0.2, 0.25) is 0 Å². The summed E-state index contributed by atoms with van der Waals surface area (Å²) in [5.41, 5.74) is -0.248. The molecule has 13 heavy (non-hydrogen) atoms. The zero-order valence-corrected chi connectivity index (χ0v) is 8.88. The Morgan fingerprint density at radius 2 is 2.15 bits per heavy atom. The molecule has 0 saturated heterocycles. The summed E-state index contributed by atoms with van der Waals surface area (Å²) >= 11 is 5.28. The third-order valence-electron chi connectivity index (χ3n) is 0.654. The van der Waals surface area contributed by atoms with Crippen molar-refractivity contribution < 1.29 is 14.3 Å². The molecule has 0 radical (unpaired) electrons. The van der Waals surface area contributed by atoms with Crippen molar-refractivity contribution in [2.24, 2.45) is 0 Å². The Morgan fingerprint density at radius 3 is 2.23 bits per heavy atom. The standard InChI is InChI=1S/C5H8O2.C4H7ClO/c1-3-4-7-5(2)6;1-3-6-4(2)5/h3-4H,1-2H3;3-4H,1H2,2H3. The molecule has 0 heterocycles. The fraction of sp³-hybridized carbons (Fsp3) is 0.444. The van der Waals surface area contributed by atoms with Crippen LogP contribution in [0, 0.1) is 0 Å². The van der Waals surface area contributed by atoms with Gasteiger partial charge >= 0.3 is 5.97 Å². The molecule has 0 aromatic heterocycles. The molecule has 76 valence electrons. The summed E-state index contributed by atoms with van der Waals surface area (Å²) in [6.07, 6.45) is 4.32. The van der Waals surface area contributed by atoms with E-state index in [2.05, 4.69) is 16.1 Å². The Bertz CT molecular complexity index is 164. The average Bonchev–Trinajstić information content (AvgIpc) is 2.01. The molecule has 1 unspecified atom stereocenters. The first-order chi connectivity index (χ1) is 6.04. The SMILES string of the molecule is C=COC(C)Cl.CC=COC(C)=O. The molecular weight excluding hydrogens is 192 g/mol. The first kappa shape index (κ1) is 14.6. The van der Waals surface area contributed by atoms with Gasteiger partial charge in [0, 0.05) is 6.92 Å². The van der Waals surface area contributed by atoms with E-state index >= 15 is 0 Å². The molecule has 0 rings (SSSR count). The van der Waals surface area contributed by atoms with E-state index in [1.807, 2.05) is 0 Å². The second-order valence-corrected chi connectivity index (χ2v) is 2.54. The molecule has 0 spiro atoms. The number of allylic oxidation sites excluding steroid dienone is 1. The number of hydrogen-bond acceptors (Lipinski definition) is 3. The number of rotatable bonds is 3. The quantitative estimate of drug-likeness (QED) is 0.405. The van der Waals surface area contributed by atoms with Gasteiger partial charge in [-0.25, -0.2) is 0 Å². The topological polar surface area (TPSA) is 35.5 Å². The van der Waals surface area contributed by atoms with E-state index in [9.17, 15) is 4.79 Å². The summed E-state index contributed by atoms with van der Waals surface area (Å²) in [6, 6.07) is 0. The summed E-state index contributed by atoms with van der Waals surface area (Å²) in [5.74, 6) is -0.280. The van der Waals surface area contributed by atoms with Gasteiger partial charge in [-0.15, -0.1) is 0 Å². The zero-order chi connectivity index (χ0) is 10.7. The highest BCUT2D eigenvalue weighted by Crippen LogP contribution is 1.93. The highest BCUT2D eigenvalue weighted by atomic mass is 35.5. The molecule has 0 aliphatic heterocycles. The van der Waals surface area contributed by atoms with Crippen molar-refractivity contribution in [3.05, 3.63) is 25.2 Å². The lowest BCUT2D eigenvalue weighted by molar-refractivity contribution is -0.135. The van der Waals surface area contributed by atoms with Crippen molar-refractivity contribution in [1.29, 1.82) is 0 Å². The highest BCUT2D eigenvalue weighted by Gasteiger charge is 1.84. The van der Waals surface area contributed by atoms with Crippen LogP contribution in [0.3, 0.4) is 0 Å². The number of halogens is 1. The number of carbonyl (C=O) groups excluding carboxylic acids is 1. The minimum atomic E-state index is -0.280. The highest BCUT2D eigenvalue weighted by molar-refractivity contribution is 6.19. The van der Waals surface area contributed by atoms with Crippen LogP contribution >= 0.6 is 11.6 Å². The molecule has 0 saturated carbocycles. The number of esters is 1. The van der Waals surface area contributed by atoms with Gasteiger partial charge in [-0.3, -0.25) is 4.79 Å². The van der Waals surface area contributed by atoms with Crippen LogP contribution in [0.15, 0.2) is 25.2 Å². The summed E-state index contributed by atoms with van der Waals surface area (Å²) in [6.45, 7) is 8.16. The monoisotopic (exact) mass is 206 g/mol. The van der Waals surface area contributed by atoms with Gasteiger partial charge in [0.15, 0.2) is 5.56 Å². The van der Waals surface area contributed by atoms with Crippen LogP contribution in [0.5, 0.6) is 0 Å². The number of ether oxygens (including phenoxy) is 2. The Labute approximate surface area is 84.0 Å². The fourth-order valence-corrected chi connectivity index (χ4v) is 0.369. The Hall–Kier alpha value is -0.960. The molecule has 4 heteroatoms. The lowest BCUT2D eigenvalue weighted by Crippen LogP contribution is -1.88. The van der Waals surface area contributed by atoms with Crippen molar-refractivity contribution in [3.8, 4) is 0 Å². The van der Waals surface area contributed by atoms with Gasteiger partial charge in [-0.05, 0) is 13.8 Å². The summed E-state index contributed by atoms with van der Waals surface area (Å²) in [7, 11) is 0. The van der Waals surface area contributed by atoms with E-state index in [1.165, 1.54) is 19.4 Å². The lowest BCUT2D eigenvalue weighted by Gasteiger charge is -1.96. The van der Waals surface area contributed by atoms with Crippen LogP contribution in [-0.2, 0) is 14.3 Å². The largest absolute Gasteiger partial charge is 0.483 e. The number of hydrogen-bond donors (Lipinski definition) is 0. The van der Waals surface area contributed by atoms with Crippen molar-refractivity contribution in [2.45, 2.75) is 26.3 Å². The molecule has 3 nitrogen and oxygen atoms in total. The first-order valence-corrected chi connectivity index (χ1v) is 4.17. The fourth-order valence-electron chi connectivity index (χ4n) is 0.296. The van der Waals surface area contributed by atoms with Crippen LogP contribution in [0.25, 0.3) is 0 Å². The minimum Gasteiger partial charge on any atom is -0.483 e. The van der Waals surface area contributed by atoms with Gasteiger partial charge in [0.1, 0.15) is 0 Å². The summed E-state index contributed by atoms with van der Waals surface area (Å²) in [5, 5.41) is 0. The molecule has 0 aromatic carbocycles. The van der Waals surface area contributed by atoms with E-state index in [-0.39, 0.29) is 11.5 Å². The predicted octanol–water partition coefficient (Wildman–Crippen LogP) is 2.81. The van der Waals surface area contributed by atoms with Gasteiger partial charge in [0.05, 0.1) is 12.5 Å². The molecule has 0 amide bonds. The molecule has 0 N–H and O–H groups in total. The molecule has 0 fully saturated rings. The maximum absolute atomic E-state index is 9.93. The number of carbonyl (C=O) groups is 1. The van der Waals surface area contributed by atoms with E-state index in [0.717, 1.165) is 0 Å². The molecule has 0 aliphatic carbocycles. The van der Waals surface area contributed by atoms with Gasteiger partial charge in [-0.1, -0.05) is 24.3 Å². The van der Waals surface area contributed by atoms with Crippen LogP contribution in [0.4, 0.5) is 0 Å². The van der Waals surface area contributed by atoms with E-state index in [1.54, 1.807) is 19.9 Å². The minimum absolute atomic E-state index is 0.248. The third kappa shape index (κ3) is 24.7. The third-order valence-corrected chi connectivity index (χ3v) is 0.757. The van der Waals surface area contributed by atoms with Crippen molar-refractivity contribution in [2.75, 3.05) is 0 Å². The lowest BCUT2D eigenvalue weighted by atomic mass is 10.7. The molecule has 0 aliphatic rings. The van der Waals surface area contributed by atoms with E-state index in [4.69, 9.17) is 11.6 Å². The maximum Gasteiger partial charge on any atom is 0.307 e. The molecule has 1 atom stereocenters. The predicted molar refractivity (Wildman–Crippen MR) is 53.2 cm³/mol. The van der Waals surface area contributed by atoms with Crippen molar-refractivity contribution in [3.63, 3.8) is 0 Å². The Morgan fingerprint density at radius 1 is 1.62 bits per heavy atom. The molecule has 0 bridgehead atoms. The number of alkyl halides is 1. The Balaban J connectivity index is 0. The second kappa shape index (κ2) is 11.0. The van der Waals surface area contributed by atoms with Gasteiger partial charge in [-0.2, -0.15) is 0 Å². The Kier molecular flexibility index (Phi) is 12.4.